The molecular formula is C21H17ClN2O3S. The van der Waals surface area contributed by atoms with Gasteiger partial charge < -0.3 is 9.84 Å². The van der Waals surface area contributed by atoms with Crippen LogP contribution >= 0.6 is 22.9 Å². The Kier molecular flexibility index (Phi) is 4.83. The van der Waals surface area contributed by atoms with Crippen molar-refractivity contribution in [2.45, 2.75) is 20.5 Å². The number of aromatic carboxylic acids is 1. The summed E-state index contributed by atoms with van der Waals surface area (Å²) in [6.45, 7) is 4.17. The molecule has 4 rings (SSSR count). The Hall–Kier alpha value is -2.83. The highest BCUT2D eigenvalue weighted by molar-refractivity contribution is 7.17. The van der Waals surface area contributed by atoms with Gasteiger partial charge in [-0.25, -0.2) is 9.78 Å². The Bertz CT molecular complexity index is 1200. The molecule has 2 aromatic heterocycles. The molecule has 0 aliphatic rings. The van der Waals surface area contributed by atoms with E-state index in [0.717, 1.165) is 32.7 Å². The molecule has 0 atom stereocenters. The van der Waals surface area contributed by atoms with E-state index in [-0.39, 0.29) is 4.88 Å². The number of nitrogens with zero attached hydrogens (tertiary/aromatic N) is 2. The SMILES string of the molecule is Cc1ccccc1COc1c(C(=O)O)sc(-n2cnc3ccc(Cl)cc32)c1C. The number of carboxylic acids is 1. The molecule has 1 N–H and O–H groups in total. The molecule has 0 saturated carbocycles. The minimum Gasteiger partial charge on any atom is -0.487 e. The summed E-state index contributed by atoms with van der Waals surface area (Å²) >= 11 is 7.30. The molecule has 2 heterocycles. The molecule has 0 amide bonds. The number of hydrogen-bond donors (Lipinski definition) is 1. The van der Waals surface area contributed by atoms with E-state index in [1.54, 1.807) is 12.4 Å². The Morgan fingerprint density at radius 2 is 2.04 bits per heavy atom. The topological polar surface area (TPSA) is 64.3 Å². The van der Waals surface area contributed by atoms with Crippen molar-refractivity contribution in [2.24, 2.45) is 0 Å². The van der Waals surface area contributed by atoms with Gasteiger partial charge >= 0.3 is 5.97 Å². The molecule has 2 aromatic carbocycles. The van der Waals surface area contributed by atoms with Crippen LogP contribution in [0.1, 0.15) is 26.4 Å². The third-order valence-electron chi connectivity index (χ3n) is 4.62. The van der Waals surface area contributed by atoms with Gasteiger partial charge in [0.15, 0.2) is 4.88 Å². The zero-order chi connectivity index (χ0) is 19.8. The Morgan fingerprint density at radius 3 is 2.79 bits per heavy atom. The molecular weight excluding hydrogens is 396 g/mol. The summed E-state index contributed by atoms with van der Waals surface area (Å²) in [6.07, 6.45) is 1.68. The van der Waals surface area contributed by atoms with E-state index in [1.165, 1.54) is 11.3 Å². The van der Waals surface area contributed by atoms with E-state index in [1.807, 2.05) is 54.8 Å². The number of ether oxygens (including phenoxy) is 1. The Labute approximate surface area is 170 Å². The Balaban J connectivity index is 1.77. The average molecular weight is 413 g/mol. The van der Waals surface area contributed by atoms with Gasteiger partial charge in [-0.3, -0.25) is 4.57 Å². The first kappa shape index (κ1) is 18.5. The molecule has 7 heteroatoms. The number of aryl methyl sites for hydroxylation is 1. The summed E-state index contributed by atoms with van der Waals surface area (Å²) in [5.41, 5.74) is 4.49. The van der Waals surface area contributed by atoms with E-state index in [0.29, 0.717) is 17.4 Å². The van der Waals surface area contributed by atoms with E-state index >= 15 is 0 Å². The van der Waals surface area contributed by atoms with Crippen molar-refractivity contribution in [3.05, 3.63) is 75.4 Å². The number of carboxylic acid groups (broad SMARTS) is 1. The van der Waals surface area contributed by atoms with Crippen LogP contribution in [0.25, 0.3) is 16.0 Å². The summed E-state index contributed by atoms with van der Waals surface area (Å²) in [4.78, 5) is 16.4. The fourth-order valence-corrected chi connectivity index (χ4v) is 4.34. The highest BCUT2D eigenvalue weighted by Crippen LogP contribution is 2.39. The minimum atomic E-state index is -1.01. The molecule has 0 fully saturated rings. The average Bonchev–Trinajstić information content (AvgIpc) is 3.21. The summed E-state index contributed by atoms with van der Waals surface area (Å²) in [6, 6.07) is 13.3. The predicted octanol–water partition coefficient (Wildman–Crippen LogP) is 5.63. The van der Waals surface area contributed by atoms with Gasteiger partial charge in [-0.2, -0.15) is 0 Å². The van der Waals surface area contributed by atoms with Crippen LogP contribution in [-0.4, -0.2) is 20.6 Å². The third kappa shape index (κ3) is 3.25. The lowest BCUT2D eigenvalue weighted by atomic mass is 10.1. The summed E-state index contributed by atoms with van der Waals surface area (Å²) in [5.74, 6) is -0.624. The van der Waals surface area contributed by atoms with Crippen LogP contribution in [0.3, 0.4) is 0 Å². The van der Waals surface area contributed by atoms with Crippen molar-refractivity contribution in [2.75, 3.05) is 0 Å². The highest BCUT2D eigenvalue weighted by atomic mass is 35.5. The van der Waals surface area contributed by atoms with Crippen molar-refractivity contribution in [1.29, 1.82) is 0 Å². The smallest absolute Gasteiger partial charge is 0.349 e. The van der Waals surface area contributed by atoms with Crippen molar-refractivity contribution in [1.82, 2.24) is 9.55 Å². The number of thiophene rings is 1. The number of carbonyl (C=O) groups is 1. The molecule has 0 aliphatic carbocycles. The fourth-order valence-electron chi connectivity index (χ4n) is 3.10. The lowest BCUT2D eigenvalue weighted by Crippen LogP contribution is -2.02. The van der Waals surface area contributed by atoms with Crippen LogP contribution in [-0.2, 0) is 6.61 Å². The van der Waals surface area contributed by atoms with Crippen molar-refractivity contribution < 1.29 is 14.6 Å². The van der Waals surface area contributed by atoms with Crippen LogP contribution in [0.2, 0.25) is 5.02 Å². The summed E-state index contributed by atoms with van der Waals surface area (Å²) < 4.78 is 7.84. The van der Waals surface area contributed by atoms with Crippen LogP contribution in [0.15, 0.2) is 48.8 Å². The maximum absolute atomic E-state index is 11.8. The third-order valence-corrected chi connectivity index (χ3v) is 6.12. The second-order valence-corrected chi connectivity index (χ2v) is 7.89. The molecule has 0 saturated heterocycles. The largest absolute Gasteiger partial charge is 0.487 e. The van der Waals surface area contributed by atoms with Gasteiger partial charge in [-0.05, 0) is 43.2 Å². The van der Waals surface area contributed by atoms with Crippen molar-refractivity contribution in [3.8, 4) is 10.8 Å². The molecule has 5 nitrogen and oxygen atoms in total. The van der Waals surface area contributed by atoms with Gasteiger partial charge in [0.25, 0.3) is 0 Å². The molecule has 28 heavy (non-hydrogen) atoms. The first-order chi connectivity index (χ1) is 13.5. The van der Waals surface area contributed by atoms with Gasteiger partial charge in [0.05, 0.1) is 11.0 Å². The number of benzene rings is 2. The van der Waals surface area contributed by atoms with E-state index < -0.39 is 5.97 Å². The maximum atomic E-state index is 11.8. The van der Waals surface area contributed by atoms with Crippen LogP contribution in [0.5, 0.6) is 5.75 Å². The van der Waals surface area contributed by atoms with Gasteiger partial charge in [0, 0.05) is 10.6 Å². The zero-order valence-electron chi connectivity index (χ0n) is 15.3. The van der Waals surface area contributed by atoms with Crippen molar-refractivity contribution in [3.63, 3.8) is 0 Å². The Morgan fingerprint density at radius 1 is 1.25 bits per heavy atom. The van der Waals surface area contributed by atoms with Gasteiger partial charge in [0.1, 0.15) is 23.7 Å². The molecule has 142 valence electrons. The van der Waals surface area contributed by atoms with Gasteiger partial charge in [0.2, 0.25) is 0 Å². The number of rotatable bonds is 5. The number of imidazole rings is 1. The fraction of sp³-hybridized carbons (Fsp3) is 0.143. The van der Waals surface area contributed by atoms with E-state index in [9.17, 15) is 9.90 Å². The van der Waals surface area contributed by atoms with E-state index in [4.69, 9.17) is 16.3 Å². The minimum absolute atomic E-state index is 0.171. The molecule has 0 spiro atoms. The number of halogens is 1. The quantitative estimate of drug-likeness (QED) is 0.461. The van der Waals surface area contributed by atoms with Gasteiger partial charge in [-0.1, -0.05) is 35.9 Å². The summed E-state index contributed by atoms with van der Waals surface area (Å²) in [5, 5.41) is 11.0. The van der Waals surface area contributed by atoms with Crippen molar-refractivity contribution >= 4 is 39.9 Å². The number of fused-ring (bicyclic) bond motifs is 1. The maximum Gasteiger partial charge on any atom is 0.349 e. The highest BCUT2D eigenvalue weighted by Gasteiger charge is 2.23. The molecule has 0 aliphatic heterocycles. The molecule has 0 unspecified atom stereocenters. The first-order valence-electron chi connectivity index (χ1n) is 8.62. The first-order valence-corrected chi connectivity index (χ1v) is 9.82. The second kappa shape index (κ2) is 7.30. The molecule has 0 radical (unpaired) electrons. The summed E-state index contributed by atoms with van der Waals surface area (Å²) in [7, 11) is 0. The predicted molar refractivity (Wildman–Crippen MR) is 111 cm³/mol. The number of hydrogen-bond acceptors (Lipinski definition) is 4. The lowest BCUT2D eigenvalue weighted by molar-refractivity contribution is 0.0697. The normalized spacial score (nSPS) is 11.1. The van der Waals surface area contributed by atoms with Crippen LogP contribution in [0, 0.1) is 13.8 Å². The van der Waals surface area contributed by atoms with Crippen LogP contribution < -0.4 is 4.74 Å². The lowest BCUT2D eigenvalue weighted by Gasteiger charge is -2.10. The standard InChI is InChI=1S/C21H17ClN2O3S/c1-12-5-3-4-6-14(12)10-27-18-13(2)20(28-19(18)21(25)26)24-11-23-16-8-7-15(22)9-17(16)24/h3-9,11H,10H2,1-2H3,(H,25,26). The molecule has 0 bridgehead atoms. The number of aromatic nitrogens is 2. The van der Waals surface area contributed by atoms with Gasteiger partial charge in [-0.15, -0.1) is 11.3 Å². The zero-order valence-corrected chi connectivity index (χ0v) is 16.8. The molecule has 4 aromatic rings. The second-order valence-electron chi connectivity index (χ2n) is 6.46. The van der Waals surface area contributed by atoms with Crippen LogP contribution in [0.4, 0.5) is 0 Å². The monoisotopic (exact) mass is 412 g/mol. The van der Waals surface area contributed by atoms with E-state index in [2.05, 4.69) is 4.98 Å².